The number of hydrogen-bond donors (Lipinski definition) is 1. The largest absolute Gasteiger partial charge is 0.347 e. The van der Waals surface area contributed by atoms with E-state index in [1.54, 1.807) is 16.8 Å². The van der Waals surface area contributed by atoms with Crippen LogP contribution in [0.4, 0.5) is 0 Å². The van der Waals surface area contributed by atoms with E-state index in [0.29, 0.717) is 12.2 Å². The zero-order valence-electron chi connectivity index (χ0n) is 11.2. The number of hydrogen-bond acceptors (Lipinski definition) is 2. The molecule has 0 aliphatic heterocycles. The fourth-order valence-electron chi connectivity index (χ4n) is 2.27. The van der Waals surface area contributed by atoms with Gasteiger partial charge in [-0.2, -0.15) is 0 Å². The van der Waals surface area contributed by atoms with E-state index < -0.39 is 0 Å². The Morgan fingerprint density at radius 2 is 2.05 bits per heavy atom. The van der Waals surface area contributed by atoms with Crippen LogP contribution in [0.5, 0.6) is 0 Å². The van der Waals surface area contributed by atoms with E-state index in [9.17, 15) is 4.79 Å². The SMILES string of the molecule is Cn1cccc1C(=O)NCc1ccnc2ccccc12. The van der Waals surface area contributed by atoms with Gasteiger partial charge in [-0.1, -0.05) is 18.2 Å². The molecule has 0 atom stereocenters. The van der Waals surface area contributed by atoms with E-state index in [2.05, 4.69) is 10.3 Å². The van der Waals surface area contributed by atoms with Crippen LogP contribution in [-0.4, -0.2) is 15.5 Å². The number of aryl methyl sites for hydroxylation is 1. The van der Waals surface area contributed by atoms with E-state index in [0.717, 1.165) is 16.5 Å². The van der Waals surface area contributed by atoms with Crippen LogP contribution < -0.4 is 5.32 Å². The Morgan fingerprint density at radius 1 is 1.20 bits per heavy atom. The van der Waals surface area contributed by atoms with Crippen LogP contribution in [0.2, 0.25) is 0 Å². The summed E-state index contributed by atoms with van der Waals surface area (Å²) in [7, 11) is 1.86. The third-order valence-corrected chi connectivity index (χ3v) is 3.36. The molecule has 3 rings (SSSR count). The van der Waals surface area contributed by atoms with Crippen LogP contribution in [0.3, 0.4) is 0 Å². The van der Waals surface area contributed by atoms with Gasteiger partial charge >= 0.3 is 0 Å². The second-order valence-electron chi connectivity index (χ2n) is 4.67. The quantitative estimate of drug-likeness (QED) is 0.791. The van der Waals surface area contributed by atoms with Crippen molar-refractivity contribution >= 4 is 16.8 Å². The maximum absolute atomic E-state index is 12.1. The molecule has 1 aromatic carbocycles. The minimum Gasteiger partial charge on any atom is -0.347 e. The van der Waals surface area contributed by atoms with Crippen LogP contribution in [0.15, 0.2) is 54.9 Å². The lowest BCUT2D eigenvalue weighted by Crippen LogP contribution is -2.24. The van der Waals surface area contributed by atoms with E-state index in [1.165, 1.54) is 0 Å². The van der Waals surface area contributed by atoms with Gasteiger partial charge in [0, 0.05) is 31.4 Å². The van der Waals surface area contributed by atoms with Gasteiger partial charge in [0.15, 0.2) is 0 Å². The van der Waals surface area contributed by atoms with Gasteiger partial charge in [-0.15, -0.1) is 0 Å². The van der Waals surface area contributed by atoms with E-state index >= 15 is 0 Å². The molecule has 0 aliphatic rings. The molecule has 0 aliphatic carbocycles. The Bertz CT molecular complexity index is 756. The summed E-state index contributed by atoms with van der Waals surface area (Å²) < 4.78 is 1.81. The topological polar surface area (TPSA) is 46.9 Å². The van der Waals surface area contributed by atoms with Gasteiger partial charge in [0.2, 0.25) is 0 Å². The van der Waals surface area contributed by atoms with Crippen molar-refractivity contribution in [3.63, 3.8) is 0 Å². The number of benzene rings is 1. The molecular weight excluding hydrogens is 250 g/mol. The lowest BCUT2D eigenvalue weighted by atomic mass is 10.1. The standard InChI is InChI=1S/C16H15N3O/c1-19-10-4-7-15(19)16(20)18-11-12-8-9-17-14-6-3-2-5-13(12)14/h2-10H,11H2,1H3,(H,18,20). The lowest BCUT2D eigenvalue weighted by Gasteiger charge is -2.08. The van der Waals surface area contributed by atoms with Crippen LogP contribution in [0.1, 0.15) is 16.1 Å². The molecule has 1 amide bonds. The number of carbonyl (C=O) groups is 1. The van der Waals surface area contributed by atoms with Crippen LogP contribution in [0, 0.1) is 0 Å². The summed E-state index contributed by atoms with van der Waals surface area (Å²) >= 11 is 0. The molecule has 2 heterocycles. The Morgan fingerprint density at radius 3 is 2.85 bits per heavy atom. The van der Waals surface area contributed by atoms with E-state index in [4.69, 9.17) is 0 Å². The third kappa shape index (κ3) is 2.28. The van der Waals surface area contributed by atoms with Crippen molar-refractivity contribution < 1.29 is 4.79 Å². The molecule has 1 N–H and O–H groups in total. The summed E-state index contributed by atoms with van der Waals surface area (Å²) in [6, 6.07) is 13.5. The average molecular weight is 265 g/mol. The number of rotatable bonds is 3. The van der Waals surface area contributed by atoms with Crippen molar-refractivity contribution in [2.45, 2.75) is 6.54 Å². The average Bonchev–Trinajstić information content (AvgIpc) is 2.91. The summed E-state index contributed by atoms with van der Waals surface area (Å²) in [5.74, 6) is -0.0709. The minimum atomic E-state index is -0.0709. The first-order valence-electron chi connectivity index (χ1n) is 6.48. The smallest absolute Gasteiger partial charge is 0.268 e. The molecule has 2 aromatic heterocycles. The van der Waals surface area contributed by atoms with Crippen molar-refractivity contribution in [2.24, 2.45) is 7.05 Å². The third-order valence-electron chi connectivity index (χ3n) is 3.36. The zero-order chi connectivity index (χ0) is 13.9. The van der Waals surface area contributed by atoms with Gasteiger partial charge in [0.1, 0.15) is 5.69 Å². The predicted octanol–water partition coefficient (Wildman–Crippen LogP) is 2.50. The van der Waals surface area contributed by atoms with Gasteiger partial charge in [-0.05, 0) is 29.8 Å². The van der Waals surface area contributed by atoms with Crippen molar-refractivity contribution in [3.8, 4) is 0 Å². The Labute approximate surface area is 117 Å². The molecular formula is C16H15N3O. The van der Waals surface area contributed by atoms with Gasteiger partial charge in [-0.3, -0.25) is 9.78 Å². The summed E-state index contributed by atoms with van der Waals surface area (Å²) in [6.07, 6.45) is 3.63. The zero-order valence-corrected chi connectivity index (χ0v) is 11.2. The number of nitrogens with one attached hydrogen (secondary N) is 1. The van der Waals surface area contributed by atoms with Crippen molar-refractivity contribution in [2.75, 3.05) is 0 Å². The minimum absolute atomic E-state index is 0.0709. The second kappa shape index (κ2) is 5.17. The highest BCUT2D eigenvalue weighted by molar-refractivity contribution is 5.93. The number of amides is 1. The molecule has 0 saturated carbocycles. The summed E-state index contributed by atoms with van der Waals surface area (Å²) in [5.41, 5.74) is 2.67. The van der Waals surface area contributed by atoms with E-state index in [-0.39, 0.29) is 5.91 Å². The molecule has 4 heteroatoms. The maximum Gasteiger partial charge on any atom is 0.268 e. The molecule has 0 spiro atoms. The highest BCUT2D eigenvalue weighted by atomic mass is 16.1. The Kier molecular flexibility index (Phi) is 3.21. The normalized spacial score (nSPS) is 10.7. The van der Waals surface area contributed by atoms with Gasteiger partial charge < -0.3 is 9.88 Å². The van der Waals surface area contributed by atoms with Crippen LogP contribution in [-0.2, 0) is 13.6 Å². The molecule has 4 nitrogen and oxygen atoms in total. The molecule has 0 saturated heterocycles. The highest BCUT2D eigenvalue weighted by Gasteiger charge is 2.09. The lowest BCUT2D eigenvalue weighted by molar-refractivity contribution is 0.0943. The number of carbonyl (C=O) groups excluding carboxylic acids is 1. The monoisotopic (exact) mass is 265 g/mol. The summed E-state index contributed by atoms with van der Waals surface area (Å²) in [6.45, 7) is 0.493. The molecule has 100 valence electrons. The number of pyridine rings is 1. The molecule has 0 radical (unpaired) electrons. The van der Waals surface area contributed by atoms with Gasteiger partial charge in [-0.25, -0.2) is 0 Å². The van der Waals surface area contributed by atoms with Crippen LogP contribution in [0.25, 0.3) is 10.9 Å². The Hall–Kier alpha value is -2.62. The number of aromatic nitrogens is 2. The fourth-order valence-corrected chi connectivity index (χ4v) is 2.27. The molecule has 0 unspecified atom stereocenters. The molecule has 20 heavy (non-hydrogen) atoms. The number of fused-ring (bicyclic) bond motifs is 1. The number of nitrogens with zero attached hydrogens (tertiary/aromatic N) is 2. The van der Waals surface area contributed by atoms with Crippen molar-refractivity contribution in [1.82, 2.24) is 14.9 Å². The van der Waals surface area contributed by atoms with Crippen molar-refractivity contribution in [1.29, 1.82) is 0 Å². The van der Waals surface area contributed by atoms with Gasteiger partial charge in [0.05, 0.1) is 5.52 Å². The first-order chi connectivity index (χ1) is 9.75. The maximum atomic E-state index is 12.1. The molecule has 0 fully saturated rings. The molecule has 3 aromatic rings. The van der Waals surface area contributed by atoms with Crippen LogP contribution >= 0.6 is 0 Å². The number of para-hydroxylation sites is 1. The van der Waals surface area contributed by atoms with E-state index in [1.807, 2.05) is 49.6 Å². The predicted molar refractivity (Wildman–Crippen MR) is 78.3 cm³/mol. The Balaban J connectivity index is 1.81. The second-order valence-corrected chi connectivity index (χ2v) is 4.67. The van der Waals surface area contributed by atoms with Crippen molar-refractivity contribution in [3.05, 3.63) is 66.1 Å². The fraction of sp³-hybridized carbons (Fsp3) is 0.125. The first kappa shape index (κ1) is 12.4. The summed E-state index contributed by atoms with van der Waals surface area (Å²) in [4.78, 5) is 16.4. The van der Waals surface area contributed by atoms with Gasteiger partial charge in [0.25, 0.3) is 5.91 Å². The highest BCUT2D eigenvalue weighted by Crippen LogP contribution is 2.15. The first-order valence-corrected chi connectivity index (χ1v) is 6.48. The molecule has 0 bridgehead atoms. The summed E-state index contributed by atoms with van der Waals surface area (Å²) in [5, 5.41) is 4.02.